The summed E-state index contributed by atoms with van der Waals surface area (Å²) in [7, 11) is -5.85. The highest BCUT2D eigenvalue weighted by Crippen LogP contribution is 2.36. The van der Waals surface area contributed by atoms with Crippen LogP contribution in [-0.2, 0) is 15.8 Å². The van der Waals surface area contributed by atoms with Crippen LogP contribution in [0.25, 0.3) is 11.0 Å². The number of aromatic nitrogens is 2. The molecule has 31 heavy (non-hydrogen) atoms. The summed E-state index contributed by atoms with van der Waals surface area (Å²) in [5.41, 5.74) is -5.92. The molecule has 3 aromatic carbocycles. The average Bonchev–Trinajstić information content (AvgIpc) is 3.17. The molecule has 0 aliphatic carbocycles. The quantitative estimate of drug-likeness (QED) is 0.369. The molecule has 0 amide bonds. The third-order valence-corrected chi connectivity index (χ3v) is 5.69. The summed E-state index contributed by atoms with van der Waals surface area (Å²) >= 11 is 0. The molecule has 0 aliphatic rings. The number of alkyl halides is 3. The number of imidazole rings is 1. The Kier molecular flexibility index (Phi) is 4.98. The molecule has 160 valence electrons. The van der Waals surface area contributed by atoms with Crippen LogP contribution in [0.5, 0.6) is 5.75 Å². The smallest absolute Gasteiger partial charge is 0.376 e. The van der Waals surface area contributed by atoms with Crippen molar-refractivity contribution in [3.05, 3.63) is 96.3 Å². The monoisotopic (exact) mass is 448 g/mol. The Hall–Kier alpha value is -3.37. The number of nitrogens with zero attached hydrogens (tertiary/aromatic N) is 2. The molecule has 4 aromatic rings. The number of fused-ring (bicyclic) bond motifs is 1. The Morgan fingerprint density at radius 3 is 1.94 bits per heavy atom. The van der Waals surface area contributed by atoms with Gasteiger partial charge in [0.1, 0.15) is 5.75 Å². The van der Waals surface area contributed by atoms with E-state index in [2.05, 4.69) is 9.17 Å². The van der Waals surface area contributed by atoms with Crippen LogP contribution in [0.1, 0.15) is 11.1 Å². The number of halogens is 3. The van der Waals surface area contributed by atoms with E-state index in [1.54, 1.807) is 60.7 Å². The Morgan fingerprint density at radius 2 is 1.42 bits per heavy atom. The second-order valence-electron chi connectivity index (χ2n) is 6.65. The van der Waals surface area contributed by atoms with Crippen molar-refractivity contribution < 1.29 is 30.9 Å². The van der Waals surface area contributed by atoms with Crippen molar-refractivity contribution in [2.75, 3.05) is 0 Å². The van der Waals surface area contributed by atoms with Crippen LogP contribution >= 0.6 is 0 Å². The predicted molar refractivity (Wildman–Crippen MR) is 107 cm³/mol. The SMILES string of the molecule is O=S(=O)(Oc1ccc2ncn(C(O)(c3ccccc3)c3ccccc3)c2c1)C(F)(F)F. The Morgan fingerprint density at radius 1 is 0.871 bits per heavy atom. The van der Waals surface area contributed by atoms with E-state index in [9.17, 15) is 26.7 Å². The maximum absolute atomic E-state index is 12.7. The number of hydrogen-bond acceptors (Lipinski definition) is 5. The van der Waals surface area contributed by atoms with E-state index < -0.39 is 27.1 Å². The van der Waals surface area contributed by atoms with Crippen molar-refractivity contribution in [3.8, 4) is 5.75 Å². The van der Waals surface area contributed by atoms with E-state index in [1.807, 2.05) is 0 Å². The van der Waals surface area contributed by atoms with E-state index in [0.29, 0.717) is 16.6 Å². The average molecular weight is 448 g/mol. The van der Waals surface area contributed by atoms with E-state index in [4.69, 9.17) is 0 Å². The topological polar surface area (TPSA) is 81.4 Å². The fourth-order valence-electron chi connectivity index (χ4n) is 3.26. The molecule has 6 nitrogen and oxygen atoms in total. The molecule has 1 aromatic heterocycles. The number of hydrogen-bond donors (Lipinski definition) is 1. The lowest BCUT2D eigenvalue weighted by Gasteiger charge is -2.31. The lowest BCUT2D eigenvalue weighted by atomic mass is 9.94. The maximum Gasteiger partial charge on any atom is 0.534 e. The van der Waals surface area contributed by atoms with Gasteiger partial charge in [-0.2, -0.15) is 21.6 Å². The standard InChI is InChI=1S/C21H15F3N2O4S/c22-21(23,24)31(28,29)30-17-11-12-18-19(13-17)26(14-25-18)20(27,15-7-3-1-4-8-15)16-9-5-2-6-10-16/h1-14,27H. The summed E-state index contributed by atoms with van der Waals surface area (Å²) in [6.07, 6.45) is 1.33. The Labute approximate surface area is 175 Å². The van der Waals surface area contributed by atoms with Crippen molar-refractivity contribution in [3.63, 3.8) is 0 Å². The van der Waals surface area contributed by atoms with Gasteiger partial charge in [0.05, 0.1) is 17.4 Å². The van der Waals surface area contributed by atoms with Crippen LogP contribution in [-0.4, -0.2) is 28.6 Å². The molecule has 0 saturated heterocycles. The van der Waals surface area contributed by atoms with Gasteiger partial charge in [-0.1, -0.05) is 60.7 Å². The molecule has 10 heteroatoms. The highest BCUT2D eigenvalue weighted by Gasteiger charge is 2.48. The number of aliphatic hydroxyl groups is 1. The van der Waals surface area contributed by atoms with E-state index in [-0.39, 0.29) is 5.52 Å². The highest BCUT2D eigenvalue weighted by atomic mass is 32.2. The number of benzene rings is 3. The molecular weight excluding hydrogens is 433 g/mol. The third kappa shape index (κ3) is 3.64. The summed E-state index contributed by atoms with van der Waals surface area (Å²) in [6.45, 7) is 0. The molecule has 0 aliphatic heterocycles. The Balaban J connectivity index is 1.91. The van der Waals surface area contributed by atoms with Gasteiger partial charge in [0.15, 0.2) is 5.72 Å². The Bertz CT molecular complexity index is 1280. The van der Waals surface area contributed by atoms with Crippen molar-refractivity contribution in [2.45, 2.75) is 11.2 Å². The van der Waals surface area contributed by atoms with E-state index in [0.717, 1.165) is 12.1 Å². The van der Waals surface area contributed by atoms with Gasteiger partial charge < -0.3 is 9.29 Å². The minimum Gasteiger partial charge on any atom is -0.376 e. The summed E-state index contributed by atoms with van der Waals surface area (Å²) < 4.78 is 66.5. The largest absolute Gasteiger partial charge is 0.534 e. The molecule has 0 atom stereocenters. The van der Waals surface area contributed by atoms with Gasteiger partial charge in [-0.15, -0.1) is 0 Å². The molecule has 0 fully saturated rings. The van der Waals surface area contributed by atoms with Crippen LogP contribution in [0.3, 0.4) is 0 Å². The first kappa shape index (κ1) is 20.9. The lowest BCUT2D eigenvalue weighted by molar-refractivity contribution is -0.0500. The molecule has 1 N–H and O–H groups in total. The van der Waals surface area contributed by atoms with Gasteiger partial charge >= 0.3 is 15.6 Å². The molecule has 0 spiro atoms. The van der Waals surface area contributed by atoms with Crippen LogP contribution in [0, 0.1) is 0 Å². The lowest BCUT2D eigenvalue weighted by Crippen LogP contribution is -2.35. The normalized spacial score (nSPS) is 12.8. The van der Waals surface area contributed by atoms with Gasteiger partial charge in [-0.05, 0) is 12.1 Å². The van der Waals surface area contributed by atoms with Gasteiger partial charge in [0, 0.05) is 17.2 Å². The summed E-state index contributed by atoms with van der Waals surface area (Å²) in [4.78, 5) is 4.20. The maximum atomic E-state index is 12.7. The second kappa shape index (κ2) is 7.40. The van der Waals surface area contributed by atoms with Gasteiger partial charge in [0.25, 0.3) is 0 Å². The fourth-order valence-corrected chi connectivity index (χ4v) is 3.71. The third-order valence-electron chi connectivity index (χ3n) is 4.71. The van der Waals surface area contributed by atoms with Crippen molar-refractivity contribution in [1.29, 1.82) is 0 Å². The van der Waals surface area contributed by atoms with E-state index >= 15 is 0 Å². The molecule has 0 radical (unpaired) electrons. The molecular formula is C21H15F3N2O4S. The second-order valence-corrected chi connectivity index (χ2v) is 8.19. The fraction of sp³-hybridized carbons (Fsp3) is 0.0952. The summed E-state index contributed by atoms with van der Waals surface area (Å²) in [6, 6.07) is 20.7. The first-order chi connectivity index (χ1) is 14.6. The van der Waals surface area contributed by atoms with Crippen molar-refractivity contribution in [2.24, 2.45) is 0 Å². The van der Waals surface area contributed by atoms with Gasteiger partial charge in [0.2, 0.25) is 0 Å². The van der Waals surface area contributed by atoms with Crippen LogP contribution in [0.2, 0.25) is 0 Å². The molecule has 0 unspecified atom stereocenters. The van der Waals surface area contributed by atoms with Crippen LogP contribution in [0.4, 0.5) is 13.2 Å². The van der Waals surface area contributed by atoms with Gasteiger partial charge in [-0.3, -0.25) is 4.57 Å². The summed E-state index contributed by atoms with van der Waals surface area (Å²) in [5, 5.41) is 11.8. The first-order valence-corrected chi connectivity index (χ1v) is 10.4. The van der Waals surface area contributed by atoms with E-state index in [1.165, 1.54) is 17.0 Å². The molecule has 4 rings (SSSR count). The predicted octanol–water partition coefficient (Wildman–Crippen LogP) is 4.01. The molecule has 1 heterocycles. The van der Waals surface area contributed by atoms with Crippen molar-refractivity contribution >= 4 is 21.2 Å². The number of rotatable bonds is 5. The minimum atomic E-state index is -5.85. The molecule has 0 bridgehead atoms. The summed E-state index contributed by atoms with van der Waals surface area (Å²) in [5.74, 6) is -0.560. The van der Waals surface area contributed by atoms with Crippen molar-refractivity contribution in [1.82, 2.24) is 9.55 Å². The van der Waals surface area contributed by atoms with Crippen LogP contribution < -0.4 is 4.18 Å². The minimum absolute atomic E-state index is 0.171. The van der Waals surface area contributed by atoms with Gasteiger partial charge in [-0.25, -0.2) is 4.98 Å². The highest BCUT2D eigenvalue weighted by molar-refractivity contribution is 7.88. The zero-order valence-electron chi connectivity index (χ0n) is 15.7. The van der Waals surface area contributed by atoms with Crippen LogP contribution in [0.15, 0.2) is 85.2 Å². The zero-order valence-corrected chi connectivity index (χ0v) is 16.5. The first-order valence-electron chi connectivity index (χ1n) is 8.95. The molecule has 0 saturated carbocycles. The zero-order chi connectivity index (χ0) is 22.3.